The second-order valence-corrected chi connectivity index (χ2v) is 6.22. The molecule has 0 saturated carbocycles. The molecule has 0 N–H and O–H groups in total. The fourth-order valence-corrected chi connectivity index (χ4v) is 3.39. The third kappa shape index (κ3) is 3.79. The van der Waals surface area contributed by atoms with Crippen molar-refractivity contribution in [1.29, 1.82) is 0 Å². The van der Waals surface area contributed by atoms with Gasteiger partial charge in [0.05, 0.1) is 8.04 Å². The minimum Gasteiger partial charge on any atom is -0.487 e. The summed E-state index contributed by atoms with van der Waals surface area (Å²) >= 11 is 5.60. The van der Waals surface area contributed by atoms with Gasteiger partial charge >= 0.3 is 0 Å². The van der Waals surface area contributed by atoms with Crippen molar-refractivity contribution in [1.82, 2.24) is 0 Å². The van der Waals surface area contributed by atoms with Crippen LogP contribution in [0.3, 0.4) is 0 Å². The van der Waals surface area contributed by atoms with Gasteiger partial charge in [0.1, 0.15) is 18.6 Å². The number of carbonyl (C=O) groups is 1. The summed E-state index contributed by atoms with van der Waals surface area (Å²) in [7, 11) is 0. The van der Waals surface area contributed by atoms with Crippen LogP contribution in [0.25, 0.3) is 0 Å². The molecule has 2 nitrogen and oxygen atoms in total. The first kappa shape index (κ1) is 14.5. The summed E-state index contributed by atoms with van der Waals surface area (Å²) in [5, 5.41) is 0. The van der Waals surface area contributed by atoms with Crippen molar-refractivity contribution in [3.63, 3.8) is 0 Å². The molecule has 0 spiro atoms. The van der Waals surface area contributed by atoms with Crippen LogP contribution < -0.4 is 4.74 Å². The lowest BCUT2D eigenvalue weighted by Gasteiger charge is -2.11. The van der Waals surface area contributed by atoms with Crippen LogP contribution in [-0.2, 0) is 6.61 Å². The lowest BCUT2D eigenvalue weighted by atomic mass is 10.2. The Balaban J connectivity index is 2.15. The Morgan fingerprint density at radius 3 is 2.53 bits per heavy atom. The molecule has 0 atom stereocenters. The molecule has 2 aromatic carbocycles. The summed E-state index contributed by atoms with van der Waals surface area (Å²) in [5.74, 6) is 0.770. The fourth-order valence-electron chi connectivity index (χ4n) is 1.63. The zero-order chi connectivity index (χ0) is 13.8. The monoisotopic (exact) mass is 430 g/mol. The maximum atomic E-state index is 10.8. The summed E-state index contributed by atoms with van der Waals surface area (Å²) in [6.45, 7) is 2.57. The van der Waals surface area contributed by atoms with E-state index in [2.05, 4.69) is 69.7 Å². The van der Waals surface area contributed by atoms with Gasteiger partial charge in [-0.15, -0.1) is 0 Å². The number of carbonyl (C=O) groups excluding carboxylic acids is 1. The second kappa shape index (κ2) is 6.52. The average molecular weight is 431 g/mol. The molecule has 0 aromatic heterocycles. The summed E-state index contributed by atoms with van der Waals surface area (Å²) in [6.07, 6.45) is 0.830. The lowest BCUT2D eigenvalue weighted by molar-refractivity contribution is 0.112. The van der Waals surface area contributed by atoms with Crippen LogP contribution in [0, 0.1) is 10.5 Å². The first-order valence-corrected chi connectivity index (χ1v) is 7.60. The van der Waals surface area contributed by atoms with Crippen LogP contribution in [0.1, 0.15) is 21.5 Å². The quantitative estimate of drug-likeness (QED) is 0.516. The highest BCUT2D eigenvalue weighted by atomic mass is 127. The molecule has 0 radical (unpaired) electrons. The van der Waals surface area contributed by atoms with Crippen LogP contribution in [0.5, 0.6) is 5.75 Å². The van der Waals surface area contributed by atoms with E-state index in [-0.39, 0.29) is 0 Å². The van der Waals surface area contributed by atoms with Crippen molar-refractivity contribution < 1.29 is 9.53 Å². The van der Waals surface area contributed by atoms with E-state index in [9.17, 15) is 4.79 Å². The van der Waals surface area contributed by atoms with E-state index in [1.54, 1.807) is 6.07 Å². The molecule has 19 heavy (non-hydrogen) atoms. The zero-order valence-corrected chi connectivity index (χ0v) is 14.1. The summed E-state index contributed by atoms with van der Waals surface area (Å²) < 4.78 is 7.54. The van der Waals surface area contributed by atoms with E-state index in [0.29, 0.717) is 12.2 Å². The third-order valence-corrected chi connectivity index (χ3v) is 4.05. The first-order chi connectivity index (χ1) is 9.10. The average Bonchev–Trinajstić information content (AvgIpc) is 2.39. The van der Waals surface area contributed by atoms with Crippen LogP contribution in [0.15, 0.2) is 40.9 Å². The second-order valence-electron chi connectivity index (χ2n) is 4.21. The number of aryl methyl sites for hydroxylation is 1. The van der Waals surface area contributed by atoms with Crippen molar-refractivity contribution in [2.24, 2.45) is 0 Å². The first-order valence-electron chi connectivity index (χ1n) is 5.72. The number of hydrogen-bond donors (Lipinski definition) is 0. The smallest absolute Gasteiger partial charge is 0.150 e. The fraction of sp³-hybridized carbons (Fsp3) is 0.133. The molecule has 0 aliphatic heterocycles. The topological polar surface area (TPSA) is 26.3 Å². The molecule has 0 bridgehead atoms. The highest BCUT2D eigenvalue weighted by Gasteiger charge is 2.09. The van der Waals surface area contributed by atoms with Crippen molar-refractivity contribution in [2.45, 2.75) is 13.5 Å². The Hall–Kier alpha value is -0.880. The lowest BCUT2D eigenvalue weighted by Crippen LogP contribution is -1.99. The van der Waals surface area contributed by atoms with Crippen LogP contribution in [0.4, 0.5) is 0 Å². The minimum atomic E-state index is 0.509. The van der Waals surface area contributed by atoms with Gasteiger partial charge in [0.15, 0.2) is 0 Å². The van der Waals surface area contributed by atoms with E-state index in [4.69, 9.17) is 4.74 Å². The summed E-state index contributed by atoms with van der Waals surface area (Å²) in [4.78, 5) is 10.8. The van der Waals surface area contributed by atoms with Gasteiger partial charge in [0, 0.05) is 5.56 Å². The van der Waals surface area contributed by atoms with Gasteiger partial charge in [-0.25, -0.2) is 0 Å². The van der Waals surface area contributed by atoms with Gasteiger partial charge in [-0.3, -0.25) is 4.79 Å². The molecule has 0 fully saturated rings. The molecule has 0 aliphatic carbocycles. The van der Waals surface area contributed by atoms with E-state index >= 15 is 0 Å². The molecular formula is C15H12BrIO2. The minimum absolute atomic E-state index is 0.509. The van der Waals surface area contributed by atoms with E-state index in [0.717, 1.165) is 25.6 Å². The Bertz CT molecular complexity index is 571. The number of halogens is 2. The van der Waals surface area contributed by atoms with Crippen LogP contribution >= 0.6 is 38.5 Å². The van der Waals surface area contributed by atoms with Crippen molar-refractivity contribution in [3.8, 4) is 5.75 Å². The molecule has 4 heteroatoms. The molecule has 2 rings (SSSR count). The van der Waals surface area contributed by atoms with Gasteiger partial charge in [-0.2, -0.15) is 0 Å². The number of aldehydes is 1. The van der Waals surface area contributed by atoms with Gasteiger partial charge in [0.25, 0.3) is 0 Å². The van der Waals surface area contributed by atoms with E-state index in [1.807, 2.05) is 6.07 Å². The maximum Gasteiger partial charge on any atom is 0.150 e. The predicted molar refractivity (Wildman–Crippen MR) is 87.8 cm³/mol. The van der Waals surface area contributed by atoms with Gasteiger partial charge in [0.2, 0.25) is 0 Å². The Morgan fingerprint density at radius 1 is 1.26 bits per heavy atom. The number of benzene rings is 2. The molecule has 0 unspecified atom stereocenters. The molecule has 0 amide bonds. The van der Waals surface area contributed by atoms with Gasteiger partial charge in [-0.1, -0.05) is 29.8 Å². The van der Waals surface area contributed by atoms with Gasteiger partial charge < -0.3 is 4.74 Å². The molecule has 0 heterocycles. The van der Waals surface area contributed by atoms with Crippen molar-refractivity contribution in [3.05, 3.63) is 61.1 Å². The summed E-state index contributed by atoms with van der Waals surface area (Å²) in [6, 6.07) is 11.8. The van der Waals surface area contributed by atoms with E-state index < -0.39 is 0 Å². The van der Waals surface area contributed by atoms with Crippen molar-refractivity contribution in [2.75, 3.05) is 0 Å². The number of hydrogen-bond acceptors (Lipinski definition) is 2. The predicted octanol–water partition coefficient (Wildman–Crippen LogP) is 4.75. The molecule has 0 aliphatic rings. The zero-order valence-electron chi connectivity index (χ0n) is 10.3. The normalized spacial score (nSPS) is 10.3. The molecule has 98 valence electrons. The van der Waals surface area contributed by atoms with Crippen molar-refractivity contribution >= 4 is 44.8 Å². The highest BCUT2D eigenvalue weighted by Crippen LogP contribution is 2.32. The molecule has 2 aromatic rings. The Labute approximate surface area is 134 Å². The third-order valence-electron chi connectivity index (χ3n) is 2.66. The Kier molecular flexibility index (Phi) is 4.99. The number of ether oxygens (including phenoxy) is 1. The van der Waals surface area contributed by atoms with E-state index in [1.165, 1.54) is 5.56 Å². The highest BCUT2D eigenvalue weighted by molar-refractivity contribution is 14.1. The van der Waals surface area contributed by atoms with Crippen LogP contribution in [-0.4, -0.2) is 6.29 Å². The SMILES string of the molecule is Cc1ccc(COc2c(Br)cc(C=O)cc2I)cc1. The number of rotatable bonds is 4. The summed E-state index contributed by atoms with van der Waals surface area (Å²) in [5.41, 5.74) is 2.99. The Morgan fingerprint density at radius 2 is 1.95 bits per heavy atom. The molecular weight excluding hydrogens is 419 g/mol. The largest absolute Gasteiger partial charge is 0.487 e. The van der Waals surface area contributed by atoms with Gasteiger partial charge in [-0.05, 0) is 63.1 Å². The maximum absolute atomic E-state index is 10.8. The standard InChI is InChI=1S/C15H12BrIO2/c1-10-2-4-11(5-3-10)9-19-15-13(16)6-12(8-18)7-14(15)17/h2-8H,9H2,1H3. The molecule has 0 saturated heterocycles. The van der Waals surface area contributed by atoms with Crippen LogP contribution in [0.2, 0.25) is 0 Å².